The van der Waals surface area contributed by atoms with Gasteiger partial charge < -0.3 is 10.4 Å². The predicted molar refractivity (Wildman–Crippen MR) is 75.9 cm³/mol. The van der Waals surface area contributed by atoms with Gasteiger partial charge in [-0.05, 0) is 30.0 Å². The van der Waals surface area contributed by atoms with E-state index in [1.165, 1.54) is 0 Å². The van der Waals surface area contributed by atoms with Crippen LogP contribution in [-0.2, 0) is 6.54 Å². The lowest BCUT2D eigenvalue weighted by Gasteiger charge is -2.13. The Morgan fingerprint density at radius 1 is 1.35 bits per heavy atom. The molecule has 1 aromatic carbocycles. The maximum Gasteiger partial charge on any atom is 0.0667 e. The summed E-state index contributed by atoms with van der Waals surface area (Å²) in [5, 5.41) is 13.6. The maximum atomic E-state index is 9.66. The van der Waals surface area contributed by atoms with Gasteiger partial charge in [-0.25, -0.2) is 0 Å². The first-order valence-electron chi connectivity index (χ1n) is 5.71. The smallest absolute Gasteiger partial charge is 0.0667 e. The predicted octanol–water partition coefficient (Wildman–Crippen LogP) is 3.26. The molecule has 0 aromatic heterocycles. The molecular formula is C13H21Cl2NO. The van der Waals surface area contributed by atoms with E-state index in [4.69, 9.17) is 11.6 Å². The number of aliphatic hydroxyl groups excluding tert-OH is 1. The molecule has 98 valence electrons. The summed E-state index contributed by atoms with van der Waals surface area (Å²) in [5.74, 6) is 0.531. The zero-order valence-corrected chi connectivity index (χ0v) is 11.9. The van der Waals surface area contributed by atoms with Crippen LogP contribution in [0.15, 0.2) is 24.3 Å². The molecule has 0 radical (unpaired) electrons. The normalized spacial score (nSPS) is 12.3. The van der Waals surface area contributed by atoms with Gasteiger partial charge >= 0.3 is 0 Å². The van der Waals surface area contributed by atoms with Crippen LogP contribution in [0.4, 0.5) is 0 Å². The molecular weight excluding hydrogens is 257 g/mol. The SMILES string of the molecule is CC(C)CC(O)CNCc1cccc(Cl)c1.Cl. The van der Waals surface area contributed by atoms with Crippen LogP contribution in [0.5, 0.6) is 0 Å². The number of hydrogen-bond acceptors (Lipinski definition) is 2. The third kappa shape index (κ3) is 7.61. The summed E-state index contributed by atoms with van der Waals surface area (Å²) in [7, 11) is 0. The van der Waals surface area contributed by atoms with E-state index in [1.54, 1.807) is 0 Å². The number of halogens is 2. The van der Waals surface area contributed by atoms with E-state index < -0.39 is 0 Å². The number of rotatable bonds is 6. The fourth-order valence-corrected chi connectivity index (χ4v) is 1.87. The van der Waals surface area contributed by atoms with Gasteiger partial charge in [0.05, 0.1) is 6.10 Å². The van der Waals surface area contributed by atoms with Crippen LogP contribution in [0.1, 0.15) is 25.8 Å². The molecule has 1 aromatic rings. The van der Waals surface area contributed by atoms with Crippen molar-refractivity contribution in [3.63, 3.8) is 0 Å². The average Bonchev–Trinajstić information content (AvgIpc) is 2.16. The van der Waals surface area contributed by atoms with Crippen LogP contribution in [0, 0.1) is 5.92 Å². The Hall–Kier alpha value is -0.280. The summed E-state index contributed by atoms with van der Waals surface area (Å²) >= 11 is 5.88. The van der Waals surface area contributed by atoms with Crippen molar-refractivity contribution in [2.45, 2.75) is 32.9 Å². The minimum Gasteiger partial charge on any atom is -0.392 e. The number of nitrogens with one attached hydrogen (secondary N) is 1. The van der Waals surface area contributed by atoms with Crippen molar-refractivity contribution in [1.82, 2.24) is 5.32 Å². The van der Waals surface area contributed by atoms with E-state index >= 15 is 0 Å². The molecule has 0 bridgehead atoms. The molecule has 0 aliphatic rings. The van der Waals surface area contributed by atoms with Gasteiger partial charge in [0.25, 0.3) is 0 Å². The Morgan fingerprint density at radius 3 is 2.65 bits per heavy atom. The van der Waals surface area contributed by atoms with E-state index in [9.17, 15) is 5.11 Å². The Bertz CT molecular complexity index is 318. The van der Waals surface area contributed by atoms with Gasteiger partial charge in [-0.15, -0.1) is 12.4 Å². The highest BCUT2D eigenvalue weighted by Gasteiger charge is 2.05. The van der Waals surface area contributed by atoms with Gasteiger partial charge in [0.15, 0.2) is 0 Å². The summed E-state index contributed by atoms with van der Waals surface area (Å²) < 4.78 is 0. The summed E-state index contributed by atoms with van der Waals surface area (Å²) in [4.78, 5) is 0. The van der Waals surface area contributed by atoms with Crippen LogP contribution in [0.3, 0.4) is 0 Å². The highest BCUT2D eigenvalue weighted by molar-refractivity contribution is 6.30. The standard InChI is InChI=1S/C13H20ClNO.ClH/c1-10(2)6-13(16)9-15-8-11-4-3-5-12(14)7-11;/h3-5,7,10,13,15-16H,6,8-9H2,1-2H3;1H. The van der Waals surface area contributed by atoms with Crippen LogP contribution in [0.25, 0.3) is 0 Å². The lowest BCUT2D eigenvalue weighted by molar-refractivity contribution is 0.146. The maximum absolute atomic E-state index is 9.66. The molecule has 2 nitrogen and oxygen atoms in total. The molecule has 0 aliphatic carbocycles. The van der Waals surface area contributed by atoms with Crippen LogP contribution < -0.4 is 5.32 Å². The molecule has 4 heteroatoms. The molecule has 1 unspecified atom stereocenters. The van der Waals surface area contributed by atoms with Crippen molar-refractivity contribution in [2.75, 3.05) is 6.54 Å². The summed E-state index contributed by atoms with van der Waals surface area (Å²) in [6, 6.07) is 7.75. The summed E-state index contributed by atoms with van der Waals surface area (Å²) in [6.45, 7) is 5.60. The molecule has 1 rings (SSSR count). The minimum atomic E-state index is -0.265. The number of aliphatic hydroxyl groups is 1. The van der Waals surface area contributed by atoms with Crippen LogP contribution >= 0.6 is 24.0 Å². The molecule has 0 aliphatic heterocycles. The Labute approximate surface area is 115 Å². The van der Waals surface area contributed by atoms with Gasteiger partial charge in [0.1, 0.15) is 0 Å². The Kier molecular flexibility index (Phi) is 8.61. The third-order valence-corrected chi connectivity index (χ3v) is 2.58. The zero-order valence-electron chi connectivity index (χ0n) is 10.3. The average molecular weight is 278 g/mol. The zero-order chi connectivity index (χ0) is 12.0. The summed E-state index contributed by atoms with van der Waals surface area (Å²) in [6.07, 6.45) is 0.571. The van der Waals surface area contributed by atoms with E-state index in [0.29, 0.717) is 12.5 Å². The van der Waals surface area contributed by atoms with Gasteiger partial charge in [-0.1, -0.05) is 37.6 Å². The van der Waals surface area contributed by atoms with Crippen molar-refractivity contribution in [1.29, 1.82) is 0 Å². The summed E-state index contributed by atoms with van der Waals surface area (Å²) in [5.41, 5.74) is 1.14. The van der Waals surface area contributed by atoms with Crippen molar-refractivity contribution in [3.05, 3.63) is 34.9 Å². The quantitative estimate of drug-likeness (QED) is 0.837. The highest BCUT2D eigenvalue weighted by atomic mass is 35.5. The van der Waals surface area contributed by atoms with Gasteiger partial charge in [-0.2, -0.15) is 0 Å². The van der Waals surface area contributed by atoms with Crippen molar-refractivity contribution in [2.24, 2.45) is 5.92 Å². The van der Waals surface area contributed by atoms with E-state index in [-0.39, 0.29) is 18.5 Å². The largest absolute Gasteiger partial charge is 0.392 e. The third-order valence-electron chi connectivity index (χ3n) is 2.34. The van der Waals surface area contributed by atoms with Gasteiger partial charge in [0, 0.05) is 18.1 Å². The lowest BCUT2D eigenvalue weighted by atomic mass is 10.1. The fraction of sp³-hybridized carbons (Fsp3) is 0.538. The van der Waals surface area contributed by atoms with Crippen molar-refractivity contribution >= 4 is 24.0 Å². The van der Waals surface area contributed by atoms with Crippen molar-refractivity contribution in [3.8, 4) is 0 Å². The topological polar surface area (TPSA) is 32.3 Å². The number of hydrogen-bond donors (Lipinski definition) is 2. The first-order valence-corrected chi connectivity index (χ1v) is 6.09. The second-order valence-corrected chi connectivity index (χ2v) is 4.98. The first-order chi connectivity index (χ1) is 7.58. The molecule has 17 heavy (non-hydrogen) atoms. The molecule has 2 N–H and O–H groups in total. The highest BCUT2D eigenvalue weighted by Crippen LogP contribution is 2.10. The molecule has 0 saturated carbocycles. The van der Waals surface area contributed by atoms with Gasteiger partial charge in [-0.3, -0.25) is 0 Å². The van der Waals surface area contributed by atoms with Crippen LogP contribution in [-0.4, -0.2) is 17.8 Å². The number of benzene rings is 1. The van der Waals surface area contributed by atoms with Crippen molar-refractivity contribution < 1.29 is 5.11 Å². The minimum absolute atomic E-state index is 0. The molecule has 0 amide bonds. The Balaban J connectivity index is 0.00000256. The molecule has 0 spiro atoms. The molecule has 0 heterocycles. The Morgan fingerprint density at radius 2 is 2.06 bits per heavy atom. The molecule has 1 atom stereocenters. The lowest BCUT2D eigenvalue weighted by Crippen LogP contribution is -2.27. The molecule has 0 saturated heterocycles. The van der Waals surface area contributed by atoms with Gasteiger partial charge in [0.2, 0.25) is 0 Å². The van der Waals surface area contributed by atoms with E-state index in [2.05, 4.69) is 19.2 Å². The van der Waals surface area contributed by atoms with Crippen LogP contribution in [0.2, 0.25) is 5.02 Å². The first kappa shape index (κ1) is 16.7. The second-order valence-electron chi connectivity index (χ2n) is 4.54. The second kappa shape index (κ2) is 8.76. The monoisotopic (exact) mass is 277 g/mol. The van der Waals surface area contributed by atoms with E-state index in [0.717, 1.165) is 23.6 Å². The fourth-order valence-electron chi connectivity index (χ4n) is 1.66. The van der Waals surface area contributed by atoms with E-state index in [1.807, 2.05) is 24.3 Å². The molecule has 0 fully saturated rings.